The van der Waals surface area contributed by atoms with E-state index in [1.54, 1.807) is 24.3 Å². The number of ether oxygens (including phenoxy) is 1. The third kappa shape index (κ3) is 3.22. The van der Waals surface area contributed by atoms with Gasteiger partial charge in [-0.2, -0.15) is 0 Å². The van der Waals surface area contributed by atoms with E-state index in [2.05, 4.69) is 0 Å². The van der Waals surface area contributed by atoms with Crippen molar-refractivity contribution in [1.29, 1.82) is 0 Å². The Bertz CT molecular complexity index is 466. The maximum atomic E-state index is 11.7. The second kappa shape index (κ2) is 6.17. The first kappa shape index (κ1) is 14.9. The van der Waals surface area contributed by atoms with E-state index in [-0.39, 0.29) is 5.75 Å². The molecule has 0 bridgehead atoms. The molecular weight excluding hydrogens is 256 g/mol. The summed E-state index contributed by atoms with van der Waals surface area (Å²) in [6.07, 6.45) is -1.24. The zero-order chi connectivity index (χ0) is 13.8. The molecule has 0 aliphatic heterocycles. The van der Waals surface area contributed by atoms with Gasteiger partial charge in [-0.05, 0) is 17.7 Å². The third-order valence-corrected chi connectivity index (χ3v) is 4.99. The average Bonchev–Trinajstić information content (AvgIpc) is 2.39. The fourth-order valence-electron chi connectivity index (χ4n) is 1.64. The number of hydrogen-bond acceptors (Lipinski definition) is 5. The first-order valence-electron chi connectivity index (χ1n) is 5.60. The largest absolute Gasteiger partial charge is 0.497 e. The number of methoxy groups -OCH3 is 1. The van der Waals surface area contributed by atoms with Gasteiger partial charge < -0.3 is 14.9 Å². The van der Waals surface area contributed by atoms with Gasteiger partial charge in [0, 0.05) is 5.75 Å². The Kier molecular flexibility index (Phi) is 5.13. The monoisotopic (exact) mass is 274 g/mol. The Balaban J connectivity index is 3.00. The van der Waals surface area contributed by atoms with Crippen molar-refractivity contribution in [3.05, 3.63) is 29.8 Å². The van der Waals surface area contributed by atoms with Gasteiger partial charge in [0.2, 0.25) is 0 Å². The lowest BCUT2D eigenvalue weighted by Crippen LogP contribution is -2.33. The molecule has 0 saturated heterocycles. The number of sulfone groups is 1. The van der Waals surface area contributed by atoms with Crippen LogP contribution in [-0.4, -0.2) is 43.4 Å². The van der Waals surface area contributed by atoms with Crippen molar-refractivity contribution in [2.45, 2.75) is 18.3 Å². The molecule has 1 aromatic carbocycles. The first-order valence-corrected chi connectivity index (χ1v) is 7.32. The van der Waals surface area contributed by atoms with Crippen molar-refractivity contribution in [2.75, 3.05) is 19.5 Å². The molecule has 1 aromatic rings. The van der Waals surface area contributed by atoms with E-state index < -0.39 is 27.8 Å². The van der Waals surface area contributed by atoms with Crippen molar-refractivity contribution in [3.8, 4) is 5.75 Å². The SMILES string of the molecule is CCS(=O)(=O)[C@@H](CO)[C@@H](O)c1ccc(OC)cc1. The summed E-state index contributed by atoms with van der Waals surface area (Å²) in [6, 6.07) is 6.42. The van der Waals surface area contributed by atoms with Crippen LogP contribution in [0.25, 0.3) is 0 Å². The highest BCUT2D eigenvalue weighted by atomic mass is 32.2. The Morgan fingerprint density at radius 1 is 1.28 bits per heavy atom. The fraction of sp³-hybridized carbons (Fsp3) is 0.500. The summed E-state index contributed by atoms with van der Waals surface area (Å²) in [4.78, 5) is 0. The van der Waals surface area contributed by atoms with E-state index in [0.29, 0.717) is 11.3 Å². The Hall–Kier alpha value is -1.11. The minimum Gasteiger partial charge on any atom is -0.497 e. The Labute approximate surface area is 107 Å². The fourth-order valence-corrected chi connectivity index (χ4v) is 2.84. The molecule has 0 amide bonds. The summed E-state index contributed by atoms with van der Waals surface area (Å²) in [5, 5.41) is 18.0. The second-order valence-corrected chi connectivity index (χ2v) is 6.40. The molecule has 0 spiro atoms. The number of hydrogen-bond donors (Lipinski definition) is 2. The van der Waals surface area contributed by atoms with E-state index in [9.17, 15) is 13.5 Å². The lowest BCUT2D eigenvalue weighted by Gasteiger charge is -2.21. The molecule has 0 unspecified atom stereocenters. The Morgan fingerprint density at radius 2 is 1.83 bits per heavy atom. The summed E-state index contributed by atoms with van der Waals surface area (Å²) >= 11 is 0. The number of rotatable bonds is 6. The van der Waals surface area contributed by atoms with Gasteiger partial charge in [-0.15, -0.1) is 0 Å². The summed E-state index contributed by atoms with van der Waals surface area (Å²) < 4.78 is 28.4. The van der Waals surface area contributed by atoms with Crippen molar-refractivity contribution < 1.29 is 23.4 Å². The van der Waals surface area contributed by atoms with E-state index in [4.69, 9.17) is 9.84 Å². The van der Waals surface area contributed by atoms with Crippen LogP contribution in [0.15, 0.2) is 24.3 Å². The number of benzene rings is 1. The van der Waals surface area contributed by atoms with Crippen molar-refractivity contribution in [1.82, 2.24) is 0 Å². The second-order valence-electron chi connectivity index (χ2n) is 3.89. The highest BCUT2D eigenvalue weighted by molar-refractivity contribution is 7.92. The quantitative estimate of drug-likeness (QED) is 0.790. The molecule has 0 fully saturated rings. The van der Waals surface area contributed by atoms with Gasteiger partial charge >= 0.3 is 0 Å². The minimum atomic E-state index is -3.50. The molecule has 102 valence electrons. The summed E-state index contributed by atoms with van der Waals surface area (Å²) in [5.41, 5.74) is 0.437. The number of aliphatic hydroxyl groups is 2. The van der Waals surface area contributed by atoms with E-state index in [0.717, 1.165) is 0 Å². The third-order valence-electron chi connectivity index (χ3n) is 2.85. The first-order chi connectivity index (χ1) is 8.46. The van der Waals surface area contributed by atoms with Gasteiger partial charge in [0.1, 0.15) is 11.0 Å². The standard InChI is InChI=1S/C12H18O5S/c1-3-18(15,16)11(8-13)12(14)9-4-6-10(17-2)7-5-9/h4-7,11-14H,3,8H2,1-2H3/t11-,12-/m0/s1. The molecule has 18 heavy (non-hydrogen) atoms. The molecule has 0 saturated carbocycles. The van der Waals surface area contributed by atoms with Crippen molar-refractivity contribution in [2.24, 2.45) is 0 Å². The molecule has 1 rings (SSSR count). The molecule has 2 atom stereocenters. The van der Waals surface area contributed by atoms with Crippen LogP contribution in [0.2, 0.25) is 0 Å². The summed E-state index contributed by atoms with van der Waals surface area (Å²) in [6.45, 7) is 0.877. The molecular formula is C12H18O5S. The van der Waals surface area contributed by atoms with Gasteiger partial charge in [0.15, 0.2) is 9.84 Å². The van der Waals surface area contributed by atoms with Crippen LogP contribution >= 0.6 is 0 Å². The van der Waals surface area contributed by atoms with Gasteiger partial charge in [0.25, 0.3) is 0 Å². The molecule has 0 aliphatic carbocycles. The van der Waals surface area contributed by atoms with E-state index in [1.807, 2.05) is 0 Å². The van der Waals surface area contributed by atoms with Crippen molar-refractivity contribution >= 4 is 9.84 Å². The van der Waals surface area contributed by atoms with Crippen LogP contribution in [0.5, 0.6) is 5.75 Å². The maximum absolute atomic E-state index is 11.7. The van der Waals surface area contributed by atoms with Gasteiger partial charge in [-0.3, -0.25) is 0 Å². The van der Waals surface area contributed by atoms with E-state index >= 15 is 0 Å². The van der Waals surface area contributed by atoms with Crippen LogP contribution in [0.3, 0.4) is 0 Å². The topological polar surface area (TPSA) is 83.8 Å². The van der Waals surface area contributed by atoms with Gasteiger partial charge in [-0.1, -0.05) is 19.1 Å². The van der Waals surface area contributed by atoms with Gasteiger partial charge in [0.05, 0.1) is 19.8 Å². The van der Waals surface area contributed by atoms with E-state index in [1.165, 1.54) is 14.0 Å². The molecule has 0 heterocycles. The molecule has 0 radical (unpaired) electrons. The molecule has 5 nitrogen and oxygen atoms in total. The maximum Gasteiger partial charge on any atom is 0.158 e. The smallest absolute Gasteiger partial charge is 0.158 e. The Morgan fingerprint density at radius 3 is 2.22 bits per heavy atom. The average molecular weight is 274 g/mol. The minimum absolute atomic E-state index is 0.120. The highest BCUT2D eigenvalue weighted by Crippen LogP contribution is 2.24. The number of aliphatic hydroxyl groups excluding tert-OH is 2. The molecule has 2 N–H and O–H groups in total. The van der Waals surface area contributed by atoms with Crippen LogP contribution in [0.1, 0.15) is 18.6 Å². The lowest BCUT2D eigenvalue weighted by atomic mass is 10.1. The predicted molar refractivity (Wildman–Crippen MR) is 68.3 cm³/mol. The predicted octanol–water partition coefficient (Wildman–Crippen LogP) is 0.524. The van der Waals surface area contributed by atoms with Gasteiger partial charge in [-0.25, -0.2) is 8.42 Å². The zero-order valence-corrected chi connectivity index (χ0v) is 11.2. The van der Waals surface area contributed by atoms with Crippen LogP contribution < -0.4 is 4.74 Å². The van der Waals surface area contributed by atoms with Crippen LogP contribution in [0, 0.1) is 0 Å². The highest BCUT2D eigenvalue weighted by Gasteiger charge is 2.31. The van der Waals surface area contributed by atoms with Crippen LogP contribution in [-0.2, 0) is 9.84 Å². The molecule has 0 aliphatic rings. The van der Waals surface area contributed by atoms with Crippen LogP contribution in [0.4, 0.5) is 0 Å². The zero-order valence-electron chi connectivity index (χ0n) is 10.4. The lowest BCUT2D eigenvalue weighted by molar-refractivity contribution is 0.138. The normalized spacial score (nSPS) is 15.1. The van der Waals surface area contributed by atoms with Crippen molar-refractivity contribution in [3.63, 3.8) is 0 Å². The molecule has 6 heteroatoms. The summed E-state index contributed by atoms with van der Waals surface area (Å²) in [7, 11) is -1.99. The summed E-state index contributed by atoms with van der Waals surface area (Å²) in [5.74, 6) is 0.496. The molecule has 0 aromatic heterocycles.